The SMILES string of the molecule is CCN(CC1CCCC1)c1cc(F)ccc1CN(c1ncc(OCCSC)cn1)C(C)c1cc(C(F)(F)F)cc(C(F)(F)F)c1. The van der Waals surface area contributed by atoms with Gasteiger partial charge in [0, 0.05) is 31.1 Å². The van der Waals surface area contributed by atoms with E-state index in [9.17, 15) is 30.7 Å². The standard InChI is InChI=1S/C32H37F7N4OS/c1-4-42(19-22-7-5-6-8-22)29-16-27(33)10-9-23(29)20-43(30-40-17-28(18-41-30)44-11-12-45-3)21(2)24-13-25(31(34,35)36)15-26(14-24)32(37,38)39/h9-10,13-18,21-22H,4-8,11-12,19-20H2,1-3H3. The molecule has 4 rings (SSSR count). The summed E-state index contributed by atoms with van der Waals surface area (Å²) in [6, 6.07) is 4.81. The maximum absolute atomic E-state index is 14.6. The van der Waals surface area contributed by atoms with Crippen LogP contribution in [0.25, 0.3) is 0 Å². The molecule has 246 valence electrons. The second kappa shape index (κ2) is 14.9. The highest BCUT2D eigenvalue weighted by atomic mass is 32.2. The molecule has 1 aromatic heterocycles. The second-order valence-corrected chi connectivity index (χ2v) is 12.2. The fraction of sp³-hybridized carbons (Fsp3) is 0.500. The van der Waals surface area contributed by atoms with Crippen LogP contribution in [0.15, 0.2) is 48.8 Å². The number of hydrogen-bond acceptors (Lipinski definition) is 6. The Morgan fingerprint density at radius 1 is 0.956 bits per heavy atom. The van der Waals surface area contributed by atoms with E-state index in [0.717, 1.165) is 43.6 Å². The molecule has 1 saturated carbocycles. The molecule has 1 aliphatic carbocycles. The Balaban J connectivity index is 1.78. The Morgan fingerprint density at radius 2 is 1.58 bits per heavy atom. The number of hydrogen-bond donors (Lipinski definition) is 0. The minimum atomic E-state index is -5.00. The zero-order valence-corrected chi connectivity index (χ0v) is 26.2. The monoisotopic (exact) mass is 658 g/mol. The summed E-state index contributed by atoms with van der Waals surface area (Å²) in [4.78, 5) is 12.4. The summed E-state index contributed by atoms with van der Waals surface area (Å²) in [5, 5.41) is 0. The van der Waals surface area contributed by atoms with Crippen LogP contribution in [0.1, 0.15) is 67.8 Å². The first-order chi connectivity index (χ1) is 21.3. The highest BCUT2D eigenvalue weighted by molar-refractivity contribution is 7.98. The summed E-state index contributed by atoms with van der Waals surface area (Å²) in [5.41, 5.74) is -1.79. The lowest BCUT2D eigenvalue weighted by Gasteiger charge is -2.33. The molecule has 2 aromatic carbocycles. The van der Waals surface area contributed by atoms with Crippen LogP contribution in [0, 0.1) is 11.7 Å². The molecule has 1 atom stereocenters. The molecule has 0 N–H and O–H groups in total. The van der Waals surface area contributed by atoms with E-state index >= 15 is 0 Å². The van der Waals surface area contributed by atoms with Crippen molar-refractivity contribution >= 4 is 23.4 Å². The van der Waals surface area contributed by atoms with Gasteiger partial charge in [-0.3, -0.25) is 0 Å². The highest BCUT2D eigenvalue weighted by Gasteiger charge is 2.38. The maximum atomic E-state index is 14.6. The van der Waals surface area contributed by atoms with Gasteiger partial charge in [-0.2, -0.15) is 38.1 Å². The van der Waals surface area contributed by atoms with Crippen molar-refractivity contribution in [2.24, 2.45) is 5.92 Å². The lowest BCUT2D eigenvalue weighted by Crippen LogP contribution is -2.32. The Morgan fingerprint density at radius 3 is 2.13 bits per heavy atom. The Labute approximate surface area is 263 Å². The quantitative estimate of drug-likeness (QED) is 0.135. The summed E-state index contributed by atoms with van der Waals surface area (Å²) in [6.07, 6.45) is -0.834. The summed E-state index contributed by atoms with van der Waals surface area (Å²) in [7, 11) is 0. The molecule has 0 radical (unpaired) electrons. The van der Waals surface area contributed by atoms with Gasteiger partial charge in [0.05, 0.1) is 36.2 Å². The molecule has 0 amide bonds. The van der Waals surface area contributed by atoms with Gasteiger partial charge in [0.15, 0.2) is 5.75 Å². The molecule has 0 bridgehead atoms. The number of aromatic nitrogens is 2. The molecule has 1 unspecified atom stereocenters. The number of halogens is 7. The van der Waals surface area contributed by atoms with E-state index in [1.165, 1.54) is 36.4 Å². The van der Waals surface area contributed by atoms with Crippen LogP contribution in [0.2, 0.25) is 0 Å². The van der Waals surface area contributed by atoms with Gasteiger partial charge >= 0.3 is 12.4 Å². The van der Waals surface area contributed by atoms with Crippen molar-refractivity contribution < 1.29 is 35.5 Å². The third-order valence-electron chi connectivity index (χ3n) is 8.05. The number of rotatable bonds is 13. The molecule has 1 fully saturated rings. The van der Waals surface area contributed by atoms with Crippen molar-refractivity contribution in [3.05, 3.63) is 76.9 Å². The van der Waals surface area contributed by atoms with Gasteiger partial charge in [0.2, 0.25) is 5.95 Å². The molecule has 45 heavy (non-hydrogen) atoms. The van der Waals surface area contributed by atoms with Crippen LogP contribution in [0.3, 0.4) is 0 Å². The Hall–Kier alpha value is -3.22. The number of alkyl halides is 6. The molecular formula is C32H37F7N4OS. The zero-order chi connectivity index (χ0) is 32.8. The summed E-state index contributed by atoms with van der Waals surface area (Å²) in [5.74, 6) is 1.16. The number of thioether (sulfide) groups is 1. The number of benzene rings is 2. The topological polar surface area (TPSA) is 41.5 Å². The van der Waals surface area contributed by atoms with E-state index < -0.39 is 35.3 Å². The van der Waals surface area contributed by atoms with Gasteiger partial charge in [0.1, 0.15) is 5.82 Å². The molecule has 0 aliphatic heterocycles. The lowest BCUT2D eigenvalue weighted by atomic mass is 9.98. The van der Waals surface area contributed by atoms with E-state index in [4.69, 9.17) is 4.74 Å². The zero-order valence-electron chi connectivity index (χ0n) is 25.4. The Kier molecular flexibility index (Phi) is 11.5. The van der Waals surface area contributed by atoms with E-state index in [0.29, 0.717) is 42.6 Å². The summed E-state index contributed by atoms with van der Waals surface area (Å²) >= 11 is 1.59. The van der Waals surface area contributed by atoms with Crippen LogP contribution in [-0.2, 0) is 18.9 Å². The van der Waals surface area contributed by atoms with Crippen LogP contribution >= 0.6 is 11.8 Å². The van der Waals surface area contributed by atoms with E-state index in [2.05, 4.69) is 14.9 Å². The molecule has 0 saturated heterocycles. The highest BCUT2D eigenvalue weighted by Crippen LogP contribution is 2.40. The van der Waals surface area contributed by atoms with Crippen molar-refractivity contribution in [2.75, 3.05) is 41.5 Å². The molecule has 0 spiro atoms. The summed E-state index contributed by atoms with van der Waals surface area (Å²) in [6.45, 7) is 5.15. The Bertz CT molecular complexity index is 1360. The van der Waals surface area contributed by atoms with Crippen molar-refractivity contribution in [3.8, 4) is 5.75 Å². The number of nitrogens with zero attached hydrogens (tertiary/aromatic N) is 4. The van der Waals surface area contributed by atoms with Gasteiger partial charge in [-0.25, -0.2) is 14.4 Å². The smallest absolute Gasteiger partial charge is 0.416 e. The van der Waals surface area contributed by atoms with Gasteiger partial charge in [0.25, 0.3) is 0 Å². The minimum Gasteiger partial charge on any atom is -0.489 e. The average Bonchev–Trinajstić information content (AvgIpc) is 3.52. The third-order valence-corrected chi connectivity index (χ3v) is 8.63. The average molecular weight is 659 g/mol. The second-order valence-electron chi connectivity index (χ2n) is 11.2. The van der Waals surface area contributed by atoms with Gasteiger partial charge in [-0.15, -0.1) is 0 Å². The number of ether oxygens (including phenoxy) is 1. The first-order valence-electron chi connectivity index (χ1n) is 14.8. The largest absolute Gasteiger partial charge is 0.489 e. The van der Waals surface area contributed by atoms with E-state index in [1.54, 1.807) is 17.8 Å². The molecule has 5 nitrogen and oxygen atoms in total. The van der Waals surface area contributed by atoms with Gasteiger partial charge in [-0.05, 0) is 80.3 Å². The molecule has 3 aromatic rings. The van der Waals surface area contributed by atoms with E-state index in [-0.39, 0.29) is 24.1 Å². The molecule has 13 heteroatoms. The van der Waals surface area contributed by atoms with Crippen LogP contribution in [0.4, 0.5) is 42.4 Å². The van der Waals surface area contributed by atoms with Crippen LogP contribution in [-0.4, -0.2) is 41.7 Å². The maximum Gasteiger partial charge on any atom is 0.416 e. The fourth-order valence-electron chi connectivity index (χ4n) is 5.61. The van der Waals surface area contributed by atoms with Gasteiger partial charge in [-0.1, -0.05) is 18.9 Å². The lowest BCUT2D eigenvalue weighted by molar-refractivity contribution is -0.143. The minimum absolute atomic E-state index is 0.0117. The predicted molar refractivity (Wildman–Crippen MR) is 163 cm³/mol. The molecule has 1 heterocycles. The third kappa shape index (κ3) is 9.17. The first-order valence-corrected chi connectivity index (χ1v) is 16.2. The number of anilines is 2. The van der Waals surface area contributed by atoms with Gasteiger partial charge < -0.3 is 14.5 Å². The van der Waals surface area contributed by atoms with E-state index in [1.807, 2.05) is 13.2 Å². The fourth-order valence-corrected chi connectivity index (χ4v) is 5.86. The predicted octanol–water partition coefficient (Wildman–Crippen LogP) is 9.18. The van der Waals surface area contributed by atoms with Crippen molar-refractivity contribution in [2.45, 2.75) is 64.5 Å². The first kappa shape index (κ1) is 34.6. The van der Waals surface area contributed by atoms with Crippen molar-refractivity contribution in [1.82, 2.24) is 9.97 Å². The van der Waals surface area contributed by atoms with Crippen LogP contribution < -0.4 is 14.5 Å². The molecular weight excluding hydrogens is 621 g/mol. The van der Waals surface area contributed by atoms with Crippen molar-refractivity contribution in [1.29, 1.82) is 0 Å². The summed E-state index contributed by atoms with van der Waals surface area (Å²) < 4.78 is 103. The molecule has 1 aliphatic rings. The normalized spacial score (nSPS) is 14.9. The van der Waals surface area contributed by atoms with Crippen LogP contribution in [0.5, 0.6) is 5.75 Å². The van der Waals surface area contributed by atoms with Crippen molar-refractivity contribution in [3.63, 3.8) is 0 Å².